The van der Waals surface area contributed by atoms with Gasteiger partial charge in [-0.25, -0.2) is 9.59 Å². The van der Waals surface area contributed by atoms with E-state index in [4.69, 9.17) is 19.6 Å². The molecule has 2 aromatic heterocycles. The molecule has 0 aromatic carbocycles. The molecule has 8 nitrogen and oxygen atoms in total. The van der Waals surface area contributed by atoms with Crippen LogP contribution in [0.5, 0.6) is 0 Å². The predicted octanol–water partition coefficient (Wildman–Crippen LogP) is 1.78. The van der Waals surface area contributed by atoms with Gasteiger partial charge in [0, 0.05) is 6.07 Å². The van der Waals surface area contributed by atoms with Gasteiger partial charge in [-0.05, 0) is 13.3 Å². The monoisotopic (exact) mass is 281 g/mol. The van der Waals surface area contributed by atoms with E-state index in [9.17, 15) is 9.59 Å². The van der Waals surface area contributed by atoms with E-state index in [2.05, 4.69) is 5.10 Å². The first-order chi connectivity index (χ1) is 9.58. The third-order valence-corrected chi connectivity index (χ3v) is 2.46. The van der Waals surface area contributed by atoms with Gasteiger partial charge < -0.3 is 19.6 Å². The van der Waals surface area contributed by atoms with E-state index in [0.29, 0.717) is 6.42 Å². The van der Waals surface area contributed by atoms with Crippen LogP contribution in [0, 0.1) is 0 Å². The van der Waals surface area contributed by atoms with Crippen LogP contribution in [0.2, 0.25) is 0 Å². The molecule has 2 N–H and O–H groups in total. The van der Waals surface area contributed by atoms with Crippen molar-refractivity contribution in [3.8, 4) is 0 Å². The predicted molar refractivity (Wildman–Crippen MR) is 69.4 cm³/mol. The summed E-state index contributed by atoms with van der Waals surface area (Å²) in [4.78, 5) is 23.4. The van der Waals surface area contributed by atoms with Crippen molar-refractivity contribution in [1.82, 2.24) is 9.78 Å². The van der Waals surface area contributed by atoms with Crippen LogP contribution >= 0.6 is 0 Å². The quantitative estimate of drug-likeness (QED) is 0.850. The highest BCUT2D eigenvalue weighted by atomic mass is 16.6. The summed E-state index contributed by atoms with van der Waals surface area (Å²) in [6, 6.07) is 1.35. The zero-order valence-corrected chi connectivity index (χ0v) is 11.2. The highest BCUT2D eigenvalue weighted by molar-refractivity contribution is 5.97. The average molecular weight is 281 g/mol. The van der Waals surface area contributed by atoms with Gasteiger partial charge in [0.15, 0.2) is 11.4 Å². The lowest BCUT2D eigenvalue weighted by Crippen LogP contribution is -2.15. The molecule has 2 rings (SSSR count). The number of furan rings is 1. The van der Waals surface area contributed by atoms with Crippen molar-refractivity contribution in [3.63, 3.8) is 0 Å². The van der Waals surface area contributed by atoms with E-state index in [0.717, 1.165) is 4.68 Å². The number of nitrogens with two attached hydrogens (primary N) is 1. The van der Waals surface area contributed by atoms with Crippen LogP contribution in [0.4, 0.5) is 10.6 Å². The molecule has 0 unspecified atom stereocenters. The molecular formula is C12H15N3O5. The maximum absolute atomic E-state index is 11.7. The molecule has 2 heterocycles. The number of hydrogen-bond donors (Lipinski definition) is 1. The Morgan fingerprint density at radius 3 is 2.80 bits per heavy atom. The minimum Gasteiger partial charge on any atom is -0.460 e. The first kappa shape index (κ1) is 13.9. The standard InChI is InChI=1S/C12H15N3O5/c1-3-5-19-11(16)8-6-7-9(20-8)10(13)14-15(7)12(17)18-4-2/h6H,3-5H2,1-2H3,(H2,13,14). The van der Waals surface area contributed by atoms with Gasteiger partial charge in [-0.3, -0.25) is 0 Å². The lowest BCUT2D eigenvalue weighted by molar-refractivity contribution is 0.0471. The molecule has 0 amide bonds. The summed E-state index contributed by atoms with van der Waals surface area (Å²) < 4.78 is 16.0. The first-order valence-electron chi connectivity index (χ1n) is 6.20. The molecule has 20 heavy (non-hydrogen) atoms. The number of anilines is 1. The Morgan fingerprint density at radius 1 is 1.40 bits per heavy atom. The molecule has 0 radical (unpaired) electrons. The average Bonchev–Trinajstić information content (AvgIpc) is 2.97. The Morgan fingerprint density at radius 2 is 2.15 bits per heavy atom. The summed E-state index contributed by atoms with van der Waals surface area (Å²) in [5.74, 6) is -0.643. The van der Waals surface area contributed by atoms with Crippen molar-refractivity contribution in [2.45, 2.75) is 20.3 Å². The van der Waals surface area contributed by atoms with Crippen LogP contribution in [0.25, 0.3) is 11.1 Å². The Hall–Kier alpha value is -2.51. The number of aromatic nitrogens is 2. The van der Waals surface area contributed by atoms with Gasteiger partial charge in [-0.15, -0.1) is 5.10 Å². The lowest BCUT2D eigenvalue weighted by Gasteiger charge is -2.00. The van der Waals surface area contributed by atoms with E-state index in [1.54, 1.807) is 6.92 Å². The van der Waals surface area contributed by atoms with Crippen LogP contribution in [0.1, 0.15) is 30.8 Å². The molecule has 0 fully saturated rings. The van der Waals surface area contributed by atoms with Gasteiger partial charge in [-0.1, -0.05) is 6.92 Å². The van der Waals surface area contributed by atoms with E-state index in [1.165, 1.54) is 6.07 Å². The second-order valence-corrected chi connectivity index (χ2v) is 3.96. The SMILES string of the molecule is CCCOC(=O)c1cc2c(o1)c(N)nn2C(=O)OCC. The number of ether oxygens (including phenoxy) is 2. The summed E-state index contributed by atoms with van der Waals surface area (Å²) in [6.07, 6.45) is 0.00789. The molecule has 0 bridgehead atoms. The largest absolute Gasteiger partial charge is 0.460 e. The zero-order chi connectivity index (χ0) is 14.7. The van der Waals surface area contributed by atoms with Crippen LogP contribution in [0.15, 0.2) is 10.5 Å². The first-order valence-corrected chi connectivity index (χ1v) is 6.20. The van der Waals surface area contributed by atoms with E-state index in [-0.39, 0.29) is 35.9 Å². The Bertz CT molecular complexity index is 643. The van der Waals surface area contributed by atoms with Gasteiger partial charge in [0.05, 0.1) is 13.2 Å². The smallest absolute Gasteiger partial charge is 0.435 e. The van der Waals surface area contributed by atoms with Crippen molar-refractivity contribution >= 4 is 29.0 Å². The maximum Gasteiger partial charge on any atom is 0.435 e. The minimum absolute atomic E-state index is 0.00240. The van der Waals surface area contributed by atoms with Gasteiger partial charge in [0.25, 0.3) is 0 Å². The summed E-state index contributed by atoms with van der Waals surface area (Å²) in [5, 5.41) is 3.80. The number of nitrogen functional groups attached to an aromatic ring is 1. The zero-order valence-electron chi connectivity index (χ0n) is 11.2. The Kier molecular flexibility index (Phi) is 3.92. The van der Waals surface area contributed by atoms with Crippen LogP contribution in [-0.2, 0) is 9.47 Å². The number of rotatable bonds is 4. The van der Waals surface area contributed by atoms with Crippen molar-refractivity contribution in [2.75, 3.05) is 18.9 Å². The maximum atomic E-state index is 11.7. The molecule has 0 spiro atoms. The second kappa shape index (κ2) is 5.64. The number of carbonyl (C=O) groups is 2. The number of fused-ring (bicyclic) bond motifs is 1. The van der Waals surface area contributed by atoms with Crippen LogP contribution in [0.3, 0.4) is 0 Å². The second-order valence-electron chi connectivity index (χ2n) is 3.96. The highest BCUT2D eigenvalue weighted by Gasteiger charge is 2.22. The number of nitrogens with zero attached hydrogens (tertiary/aromatic N) is 2. The van der Waals surface area contributed by atoms with Crippen molar-refractivity contribution in [1.29, 1.82) is 0 Å². The van der Waals surface area contributed by atoms with Gasteiger partial charge in [0.2, 0.25) is 5.76 Å². The third kappa shape index (κ3) is 2.44. The molecule has 2 aromatic rings. The van der Waals surface area contributed by atoms with Crippen LogP contribution in [-0.4, -0.2) is 35.1 Å². The van der Waals surface area contributed by atoms with E-state index < -0.39 is 12.1 Å². The molecule has 8 heteroatoms. The molecule has 0 aliphatic heterocycles. The fourth-order valence-electron chi connectivity index (χ4n) is 1.62. The molecule has 0 aliphatic carbocycles. The number of esters is 1. The molecule has 0 atom stereocenters. The van der Waals surface area contributed by atoms with E-state index >= 15 is 0 Å². The fourth-order valence-corrected chi connectivity index (χ4v) is 1.62. The van der Waals surface area contributed by atoms with Crippen molar-refractivity contribution in [3.05, 3.63) is 11.8 Å². The molecule has 0 aliphatic rings. The fraction of sp³-hybridized carbons (Fsp3) is 0.417. The number of hydrogen-bond acceptors (Lipinski definition) is 7. The van der Waals surface area contributed by atoms with Crippen molar-refractivity contribution < 1.29 is 23.5 Å². The highest BCUT2D eigenvalue weighted by Crippen LogP contribution is 2.25. The Labute approximate surface area is 114 Å². The lowest BCUT2D eigenvalue weighted by atomic mass is 10.4. The number of carbonyl (C=O) groups excluding carboxylic acids is 2. The molecule has 108 valence electrons. The molecular weight excluding hydrogens is 266 g/mol. The van der Waals surface area contributed by atoms with Gasteiger partial charge in [0.1, 0.15) is 5.52 Å². The van der Waals surface area contributed by atoms with Crippen molar-refractivity contribution in [2.24, 2.45) is 0 Å². The minimum atomic E-state index is -0.691. The summed E-state index contributed by atoms with van der Waals surface area (Å²) in [7, 11) is 0. The topological polar surface area (TPSA) is 110 Å². The Balaban J connectivity index is 2.36. The summed E-state index contributed by atoms with van der Waals surface area (Å²) >= 11 is 0. The molecule has 0 saturated heterocycles. The third-order valence-electron chi connectivity index (χ3n) is 2.46. The van der Waals surface area contributed by atoms with Crippen LogP contribution < -0.4 is 5.73 Å². The normalized spacial score (nSPS) is 10.7. The van der Waals surface area contributed by atoms with E-state index in [1.807, 2.05) is 6.92 Å². The van der Waals surface area contributed by atoms with Gasteiger partial charge >= 0.3 is 12.1 Å². The summed E-state index contributed by atoms with van der Waals surface area (Å²) in [6.45, 7) is 4.03. The van der Waals surface area contributed by atoms with Gasteiger partial charge in [-0.2, -0.15) is 4.68 Å². The summed E-state index contributed by atoms with van der Waals surface area (Å²) in [5.41, 5.74) is 6.06. The molecule has 0 saturated carbocycles.